The molecule has 2 rings (SSSR count). The van der Waals surface area contributed by atoms with Gasteiger partial charge in [0, 0.05) is 17.5 Å². The van der Waals surface area contributed by atoms with E-state index in [-0.39, 0.29) is 5.78 Å². The standard InChI is InChI=1S/C11H8BrNOS/c1-7-2-3-8(6-13-7)11(14)9-4-5-10(12)15-9/h2-6H,1H3. The van der Waals surface area contributed by atoms with Gasteiger partial charge in [-0.25, -0.2) is 0 Å². The van der Waals surface area contributed by atoms with Gasteiger partial charge in [0.2, 0.25) is 5.78 Å². The predicted octanol–water partition coefficient (Wildman–Crippen LogP) is 3.45. The second-order valence-electron chi connectivity index (χ2n) is 3.12. The summed E-state index contributed by atoms with van der Waals surface area (Å²) in [7, 11) is 0. The van der Waals surface area contributed by atoms with Gasteiger partial charge >= 0.3 is 0 Å². The summed E-state index contributed by atoms with van der Waals surface area (Å²) in [6.45, 7) is 1.90. The van der Waals surface area contributed by atoms with Crippen molar-refractivity contribution in [2.45, 2.75) is 6.92 Å². The molecule has 0 radical (unpaired) electrons. The third-order valence-electron chi connectivity index (χ3n) is 1.97. The van der Waals surface area contributed by atoms with Crippen LogP contribution in [0.1, 0.15) is 20.9 Å². The number of rotatable bonds is 2. The number of thiophene rings is 1. The second-order valence-corrected chi connectivity index (χ2v) is 5.58. The van der Waals surface area contributed by atoms with Crippen molar-refractivity contribution < 1.29 is 4.79 Å². The van der Waals surface area contributed by atoms with Crippen molar-refractivity contribution in [1.82, 2.24) is 4.98 Å². The van der Waals surface area contributed by atoms with E-state index in [1.807, 2.05) is 25.1 Å². The zero-order chi connectivity index (χ0) is 10.8. The van der Waals surface area contributed by atoms with Crippen molar-refractivity contribution in [3.05, 3.63) is 50.4 Å². The summed E-state index contributed by atoms with van der Waals surface area (Å²) in [5.41, 5.74) is 1.55. The molecule has 4 heteroatoms. The van der Waals surface area contributed by atoms with Crippen molar-refractivity contribution >= 4 is 33.0 Å². The van der Waals surface area contributed by atoms with Crippen LogP contribution in [-0.4, -0.2) is 10.8 Å². The molecule has 2 aromatic rings. The van der Waals surface area contributed by atoms with E-state index in [0.717, 1.165) is 14.4 Å². The third kappa shape index (κ3) is 2.33. The highest BCUT2D eigenvalue weighted by Crippen LogP contribution is 2.24. The van der Waals surface area contributed by atoms with E-state index < -0.39 is 0 Å². The average Bonchev–Trinajstić information content (AvgIpc) is 2.65. The fourth-order valence-electron chi connectivity index (χ4n) is 1.18. The number of hydrogen-bond acceptors (Lipinski definition) is 3. The van der Waals surface area contributed by atoms with Gasteiger partial charge in [0.1, 0.15) is 0 Å². The van der Waals surface area contributed by atoms with E-state index in [1.54, 1.807) is 12.3 Å². The summed E-state index contributed by atoms with van der Waals surface area (Å²) in [4.78, 5) is 16.8. The van der Waals surface area contributed by atoms with E-state index in [1.165, 1.54) is 11.3 Å². The lowest BCUT2D eigenvalue weighted by Gasteiger charge is -1.97. The zero-order valence-electron chi connectivity index (χ0n) is 8.03. The first kappa shape index (κ1) is 10.5. The Hall–Kier alpha value is -1.00. The first-order valence-electron chi connectivity index (χ1n) is 4.39. The number of pyridine rings is 1. The maximum atomic E-state index is 11.9. The molecule has 0 aliphatic carbocycles. The number of aromatic nitrogens is 1. The predicted molar refractivity (Wildman–Crippen MR) is 64.4 cm³/mol. The highest BCUT2D eigenvalue weighted by atomic mass is 79.9. The summed E-state index contributed by atoms with van der Waals surface area (Å²) in [6.07, 6.45) is 1.62. The number of aryl methyl sites for hydroxylation is 1. The monoisotopic (exact) mass is 281 g/mol. The molecule has 0 aromatic carbocycles. The van der Waals surface area contributed by atoms with Crippen LogP contribution >= 0.6 is 27.3 Å². The van der Waals surface area contributed by atoms with Crippen LogP contribution in [0.5, 0.6) is 0 Å². The summed E-state index contributed by atoms with van der Waals surface area (Å²) < 4.78 is 0.964. The Morgan fingerprint density at radius 1 is 1.33 bits per heavy atom. The normalized spacial score (nSPS) is 10.3. The molecule has 0 spiro atoms. The Morgan fingerprint density at radius 2 is 2.13 bits per heavy atom. The van der Waals surface area contributed by atoms with Gasteiger partial charge in [-0.15, -0.1) is 11.3 Å². The lowest BCUT2D eigenvalue weighted by Crippen LogP contribution is -1.99. The fourth-order valence-corrected chi connectivity index (χ4v) is 2.53. The fraction of sp³-hybridized carbons (Fsp3) is 0.0909. The zero-order valence-corrected chi connectivity index (χ0v) is 10.4. The first-order chi connectivity index (χ1) is 7.16. The largest absolute Gasteiger partial charge is 0.288 e. The molecule has 0 fully saturated rings. The SMILES string of the molecule is Cc1ccc(C(=O)c2ccc(Br)s2)cn1. The van der Waals surface area contributed by atoms with Gasteiger partial charge in [0.05, 0.1) is 8.66 Å². The molecule has 0 aliphatic heterocycles. The number of ketones is 1. The maximum absolute atomic E-state index is 11.9. The van der Waals surface area contributed by atoms with Gasteiger partial charge in [0.25, 0.3) is 0 Å². The van der Waals surface area contributed by atoms with Gasteiger partial charge in [-0.1, -0.05) is 0 Å². The number of hydrogen-bond donors (Lipinski definition) is 0. The van der Waals surface area contributed by atoms with Gasteiger partial charge in [-0.05, 0) is 47.1 Å². The molecule has 2 nitrogen and oxygen atoms in total. The molecule has 0 unspecified atom stereocenters. The van der Waals surface area contributed by atoms with Crippen molar-refractivity contribution in [2.24, 2.45) is 0 Å². The molecular weight excluding hydrogens is 274 g/mol. The highest BCUT2D eigenvalue weighted by molar-refractivity contribution is 9.11. The molecule has 2 heterocycles. The lowest BCUT2D eigenvalue weighted by molar-refractivity contribution is 0.104. The Morgan fingerprint density at radius 3 is 2.67 bits per heavy atom. The minimum absolute atomic E-state index is 0.0261. The highest BCUT2D eigenvalue weighted by Gasteiger charge is 2.11. The van der Waals surface area contributed by atoms with Crippen LogP contribution in [0.3, 0.4) is 0 Å². The molecule has 0 bridgehead atoms. The molecular formula is C11H8BrNOS. The second kappa shape index (κ2) is 4.24. The molecule has 0 N–H and O–H groups in total. The molecule has 0 aliphatic rings. The first-order valence-corrected chi connectivity index (χ1v) is 6.00. The Bertz CT molecular complexity index is 490. The van der Waals surface area contributed by atoms with E-state index in [4.69, 9.17) is 0 Å². The molecule has 15 heavy (non-hydrogen) atoms. The van der Waals surface area contributed by atoms with E-state index in [2.05, 4.69) is 20.9 Å². The Balaban J connectivity index is 2.32. The Labute approximate surface area is 100 Å². The maximum Gasteiger partial charge on any atom is 0.204 e. The molecule has 0 amide bonds. The van der Waals surface area contributed by atoms with Crippen LogP contribution in [0.4, 0.5) is 0 Å². The van der Waals surface area contributed by atoms with Crippen LogP contribution in [0, 0.1) is 6.92 Å². The summed E-state index contributed by atoms with van der Waals surface area (Å²) in [6, 6.07) is 7.34. The van der Waals surface area contributed by atoms with Crippen LogP contribution in [0.15, 0.2) is 34.2 Å². The van der Waals surface area contributed by atoms with Crippen molar-refractivity contribution in [3.63, 3.8) is 0 Å². The van der Waals surface area contributed by atoms with Gasteiger partial charge in [0.15, 0.2) is 0 Å². The average molecular weight is 282 g/mol. The van der Waals surface area contributed by atoms with E-state index in [9.17, 15) is 4.79 Å². The number of carbonyl (C=O) groups is 1. The summed E-state index contributed by atoms with van der Waals surface area (Å²) in [5.74, 6) is 0.0261. The van der Waals surface area contributed by atoms with Crippen LogP contribution in [0.25, 0.3) is 0 Å². The molecule has 76 valence electrons. The molecule has 0 atom stereocenters. The van der Waals surface area contributed by atoms with Crippen molar-refractivity contribution in [1.29, 1.82) is 0 Å². The minimum atomic E-state index is 0.0261. The summed E-state index contributed by atoms with van der Waals surface area (Å²) in [5, 5.41) is 0. The Kier molecular flexibility index (Phi) is 2.98. The number of carbonyl (C=O) groups excluding carboxylic acids is 1. The molecule has 0 saturated carbocycles. The third-order valence-corrected chi connectivity index (χ3v) is 3.59. The summed E-state index contributed by atoms with van der Waals surface area (Å²) >= 11 is 4.77. The number of nitrogens with zero attached hydrogens (tertiary/aromatic N) is 1. The molecule has 2 aromatic heterocycles. The smallest absolute Gasteiger partial charge is 0.204 e. The molecule has 0 saturated heterocycles. The van der Waals surface area contributed by atoms with Crippen LogP contribution < -0.4 is 0 Å². The van der Waals surface area contributed by atoms with Crippen molar-refractivity contribution in [3.8, 4) is 0 Å². The van der Waals surface area contributed by atoms with Crippen molar-refractivity contribution in [2.75, 3.05) is 0 Å². The van der Waals surface area contributed by atoms with Crippen LogP contribution in [-0.2, 0) is 0 Å². The van der Waals surface area contributed by atoms with Crippen LogP contribution in [0.2, 0.25) is 0 Å². The topological polar surface area (TPSA) is 30.0 Å². The van der Waals surface area contributed by atoms with Gasteiger partial charge in [-0.2, -0.15) is 0 Å². The quantitative estimate of drug-likeness (QED) is 0.790. The lowest BCUT2D eigenvalue weighted by atomic mass is 10.1. The van der Waals surface area contributed by atoms with E-state index in [0.29, 0.717) is 5.56 Å². The minimum Gasteiger partial charge on any atom is -0.288 e. The van der Waals surface area contributed by atoms with Gasteiger partial charge in [-0.3, -0.25) is 9.78 Å². The van der Waals surface area contributed by atoms with E-state index >= 15 is 0 Å². The number of halogens is 1. The van der Waals surface area contributed by atoms with Gasteiger partial charge < -0.3 is 0 Å².